The summed E-state index contributed by atoms with van der Waals surface area (Å²) in [6.45, 7) is 1.90. The molecule has 0 saturated heterocycles. The molecule has 0 unspecified atom stereocenters. The second-order valence-electron chi connectivity index (χ2n) is 4.88. The number of nitrogens with zero attached hydrogens (tertiary/aromatic N) is 1. The predicted octanol–water partition coefficient (Wildman–Crippen LogP) is 3.38. The SMILES string of the molecule is Cc1cccc(N)c1NC(=O)c1ccc2ccccc2n1. The molecule has 0 spiro atoms. The van der Waals surface area contributed by atoms with Gasteiger partial charge in [0.15, 0.2) is 0 Å². The van der Waals surface area contributed by atoms with Crippen molar-refractivity contribution in [1.82, 2.24) is 4.98 Å². The number of nitrogens with one attached hydrogen (secondary N) is 1. The first kappa shape index (κ1) is 13.1. The number of carbonyl (C=O) groups is 1. The molecule has 0 aliphatic rings. The highest BCUT2D eigenvalue weighted by atomic mass is 16.1. The monoisotopic (exact) mass is 277 g/mol. The molecule has 4 heteroatoms. The third kappa shape index (κ3) is 2.56. The first-order valence-corrected chi connectivity index (χ1v) is 6.67. The van der Waals surface area contributed by atoms with Gasteiger partial charge in [0.1, 0.15) is 5.69 Å². The Balaban J connectivity index is 1.94. The van der Waals surface area contributed by atoms with Gasteiger partial charge in [0.2, 0.25) is 0 Å². The van der Waals surface area contributed by atoms with Crippen LogP contribution in [0.25, 0.3) is 10.9 Å². The van der Waals surface area contributed by atoms with Crippen LogP contribution >= 0.6 is 0 Å². The number of para-hydroxylation sites is 2. The number of amides is 1. The number of benzene rings is 2. The van der Waals surface area contributed by atoms with Crippen LogP contribution in [0.2, 0.25) is 0 Å². The maximum absolute atomic E-state index is 12.3. The van der Waals surface area contributed by atoms with Gasteiger partial charge >= 0.3 is 0 Å². The van der Waals surface area contributed by atoms with E-state index in [0.717, 1.165) is 16.5 Å². The average molecular weight is 277 g/mol. The van der Waals surface area contributed by atoms with Crippen molar-refractivity contribution in [2.24, 2.45) is 0 Å². The zero-order chi connectivity index (χ0) is 14.8. The zero-order valence-electron chi connectivity index (χ0n) is 11.6. The van der Waals surface area contributed by atoms with Crippen LogP contribution in [-0.2, 0) is 0 Å². The van der Waals surface area contributed by atoms with Crippen molar-refractivity contribution < 1.29 is 4.79 Å². The smallest absolute Gasteiger partial charge is 0.274 e. The van der Waals surface area contributed by atoms with Gasteiger partial charge < -0.3 is 11.1 Å². The van der Waals surface area contributed by atoms with E-state index in [4.69, 9.17) is 5.73 Å². The van der Waals surface area contributed by atoms with E-state index >= 15 is 0 Å². The Bertz CT molecular complexity index is 807. The second-order valence-corrected chi connectivity index (χ2v) is 4.88. The van der Waals surface area contributed by atoms with Crippen LogP contribution in [0.15, 0.2) is 54.6 Å². The minimum atomic E-state index is -0.262. The molecule has 0 radical (unpaired) electrons. The fourth-order valence-electron chi connectivity index (χ4n) is 2.23. The lowest BCUT2D eigenvalue weighted by atomic mass is 10.1. The highest BCUT2D eigenvalue weighted by Crippen LogP contribution is 2.23. The number of fused-ring (bicyclic) bond motifs is 1. The Labute approximate surface area is 122 Å². The van der Waals surface area contributed by atoms with Gasteiger partial charge in [-0.3, -0.25) is 4.79 Å². The standard InChI is InChI=1S/C17H15N3O/c1-11-5-4-7-13(18)16(11)20-17(21)15-10-9-12-6-2-3-8-14(12)19-15/h2-10H,18H2,1H3,(H,20,21). The largest absolute Gasteiger partial charge is 0.397 e. The molecule has 104 valence electrons. The van der Waals surface area contributed by atoms with Crippen LogP contribution in [0, 0.1) is 6.92 Å². The summed E-state index contributed by atoms with van der Waals surface area (Å²) in [6, 6.07) is 16.8. The molecule has 0 saturated carbocycles. The lowest BCUT2D eigenvalue weighted by Gasteiger charge is -2.11. The first-order valence-electron chi connectivity index (χ1n) is 6.67. The summed E-state index contributed by atoms with van der Waals surface area (Å²) in [5, 5.41) is 3.84. The number of aryl methyl sites for hydroxylation is 1. The van der Waals surface area contributed by atoms with E-state index in [1.807, 2.05) is 49.4 Å². The molecule has 1 amide bonds. The minimum Gasteiger partial charge on any atom is -0.397 e. The number of pyridine rings is 1. The molecule has 0 atom stereocenters. The molecule has 3 rings (SSSR count). The number of nitrogens with two attached hydrogens (primary N) is 1. The third-order valence-corrected chi connectivity index (χ3v) is 3.37. The lowest BCUT2D eigenvalue weighted by molar-refractivity contribution is 0.102. The van der Waals surface area contributed by atoms with Gasteiger partial charge in [-0.2, -0.15) is 0 Å². The molecule has 1 heterocycles. The Kier molecular flexibility index (Phi) is 3.28. The van der Waals surface area contributed by atoms with Crippen molar-refractivity contribution in [3.63, 3.8) is 0 Å². The van der Waals surface area contributed by atoms with Gasteiger partial charge in [0, 0.05) is 5.39 Å². The van der Waals surface area contributed by atoms with Crippen LogP contribution < -0.4 is 11.1 Å². The molecule has 0 aliphatic heterocycles. The fourth-order valence-corrected chi connectivity index (χ4v) is 2.23. The van der Waals surface area contributed by atoms with Crippen molar-refractivity contribution in [3.8, 4) is 0 Å². The van der Waals surface area contributed by atoms with E-state index in [1.165, 1.54) is 0 Å². The normalized spacial score (nSPS) is 10.5. The van der Waals surface area contributed by atoms with Crippen molar-refractivity contribution >= 4 is 28.2 Å². The van der Waals surface area contributed by atoms with E-state index in [0.29, 0.717) is 17.1 Å². The number of carbonyl (C=O) groups excluding carboxylic acids is 1. The number of nitrogen functional groups attached to an aromatic ring is 1. The quantitative estimate of drug-likeness (QED) is 0.706. The summed E-state index contributed by atoms with van der Waals surface area (Å²) in [4.78, 5) is 16.7. The molecule has 0 aliphatic carbocycles. The van der Waals surface area contributed by atoms with Gasteiger partial charge in [0.05, 0.1) is 16.9 Å². The zero-order valence-corrected chi connectivity index (χ0v) is 11.6. The molecule has 0 fully saturated rings. The molecule has 4 nitrogen and oxygen atoms in total. The predicted molar refractivity (Wildman–Crippen MR) is 85.3 cm³/mol. The van der Waals surface area contributed by atoms with Crippen LogP contribution in [0.4, 0.5) is 11.4 Å². The summed E-state index contributed by atoms with van der Waals surface area (Å²) in [5.41, 5.74) is 9.17. The van der Waals surface area contributed by atoms with Crippen LogP contribution in [0.3, 0.4) is 0 Å². The summed E-state index contributed by atoms with van der Waals surface area (Å²) in [7, 11) is 0. The van der Waals surface area contributed by atoms with Crippen LogP contribution in [-0.4, -0.2) is 10.9 Å². The van der Waals surface area contributed by atoms with E-state index in [9.17, 15) is 4.79 Å². The first-order chi connectivity index (χ1) is 10.1. The maximum atomic E-state index is 12.3. The second kappa shape index (κ2) is 5.25. The van der Waals surface area contributed by atoms with Crippen molar-refractivity contribution in [2.45, 2.75) is 6.92 Å². The van der Waals surface area contributed by atoms with E-state index in [2.05, 4.69) is 10.3 Å². The summed E-state index contributed by atoms with van der Waals surface area (Å²) in [6.07, 6.45) is 0. The fraction of sp³-hybridized carbons (Fsp3) is 0.0588. The Morgan fingerprint density at radius 2 is 1.86 bits per heavy atom. The number of hydrogen-bond acceptors (Lipinski definition) is 3. The number of aromatic nitrogens is 1. The van der Waals surface area contributed by atoms with Gasteiger partial charge in [-0.15, -0.1) is 0 Å². The van der Waals surface area contributed by atoms with Crippen LogP contribution in [0.5, 0.6) is 0 Å². The number of anilines is 2. The third-order valence-electron chi connectivity index (χ3n) is 3.37. The molecule has 1 aromatic heterocycles. The summed E-state index contributed by atoms with van der Waals surface area (Å²) >= 11 is 0. The van der Waals surface area contributed by atoms with Gasteiger partial charge in [-0.25, -0.2) is 4.98 Å². The van der Waals surface area contributed by atoms with Crippen molar-refractivity contribution in [2.75, 3.05) is 11.1 Å². The molecule has 3 N–H and O–H groups in total. The maximum Gasteiger partial charge on any atom is 0.274 e. The molecule has 21 heavy (non-hydrogen) atoms. The van der Waals surface area contributed by atoms with Crippen molar-refractivity contribution in [1.29, 1.82) is 0 Å². The molecular formula is C17H15N3O. The summed E-state index contributed by atoms with van der Waals surface area (Å²) in [5.74, 6) is -0.262. The molecule has 2 aromatic carbocycles. The van der Waals surface area contributed by atoms with Gasteiger partial charge in [-0.1, -0.05) is 36.4 Å². The Morgan fingerprint density at radius 3 is 2.67 bits per heavy atom. The summed E-state index contributed by atoms with van der Waals surface area (Å²) < 4.78 is 0. The van der Waals surface area contributed by atoms with Crippen molar-refractivity contribution in [3.05, 3.63) is 65.9 Å². The lowest BCUT2D eigenvalue weighted by Crippen LogP contribution is -2.15. The highest BCUT2D eigenvalue weighted by Gasteiger charge is 2.11. The van der Waals surface area contributed by atoms with E-state index < -0.39 is 0 Å². The molecule has 0 bridgehead atoms. The molecule has 3 aromatic rings. The van der Waals surface area contributed by atoms with E-state index in [1.54, 1.807) is 12.1 Å². The topological polar surface area (TPSA) is 68.0 Å². The van der Waals surface area contributed by atoms with Gasteiger partial charge in [0.25, 0.3) is 5.91 Å². The highest BCUT2D eigenvalue weighted by molar-refractivity contribution is 6.06. The Morgan fingerprint density at radius 1 is 1.05 bits per heavy atom. The average Bonchev–Trinajstić information content (AvgIpc) is 2.50. The number of hydrogen-bond donors (Lipinski definition) is 2. The number of rotatable bonds is 2. The van der Waals surface area contributed by atoms with Gasteiger partial charge in [-0.05, 0) is 30.7 Å². The minimum absolute atomic E-state index is 0.262. The van der Waals surface area contributed by atoms with Crippen LogP contribution in [0.1, 0.15) is 16.1 Å². The van der Waals surface area contributed by atoms with E-state index in [-0.39, 0.29) is 5.91 Å². The molecular weight excluding hydrogens is 262 g/mol. The Hall–Kier alpha value is -2.88.